The number of halogens is 1. The van der Waals surface area contributed by atoms with Crippen molar-refractivity contribution >= 4 is 28.9 Å². The van der Waals surface area contributed by atoms with Crippen LogP contribution in [0.1, 0.15) is 48.2 Å². The number of aromatic nitrogens is 2. The highest BCUT2D eigenvalue weighted by atomic mass is 35.5. The first kappa shape index (κ1) is 19.2. The molecule has 6 heteroatoms. The molecule has 1 aromatic carbocycles. The van der Waals surface area contributed by atoms with Crippen molar-refractivity contribution in [1.29, 1.82) is 0 Å². The van der Waals surface area contributed by atoms with Crippen LogP contribution in [0.5, 0.6) is 0 Å². The molecule has 1 aliphatic carbocycles. The maximum Gasteiger partial charge on any atom is 0.337 e. The van der Waals surface area contributed by atoms with E-state index in [1.807, 2.05) is 36.6 Å². The van der Waals surface area contributed by atoms with Gasteiger partial charge in [-0.2, -0.15) is 0 Å². The number of hydrogen-bond donors (Lipinski definition) is 1. The molecule has 0 spiro atoms. The van der Waals surface area contributed by atoms with Gasteiger partial charge in [0.15, 0.2) is 0 Å². The van der Waals surface area contributed by atoms with Crippen LogP contribution in [0, 0.1) is 12.8 Å². The topological polar surface area (TPSA) is 55.1 Å². The van der Waals surface area contributed by atoms with Gasteiger partial charge in [0.05, 0.1) is 17.0 Å². The van der Waals surface area contributed by atoms with Gasteiger partial charge in [-0.1, -0.05) is 43.0 Å². The summed E-state index contributed by atoms with van der Waals surface area (Å²) < 4.78 is 2.17. The van der Waals surface area contributed by atoms with Crippen molar-refractivity contribution < 1.29 is 9.90 Å². The SMILES string of the molecule is Cc1c(C(=O)O)cc(-c2csc(-c3ccc(Cl)cc3)n2)n1CC1CCCCC1. The standard InChI is InChI=1S/C22H23ClN2O2S/c1-14-18(22(26)27)11-20(25(14)12-15-5-3-2-4-6-15)19-13-28-21(24-19)16-7-9-17(23)10-8-16/h7-11,13,15H,2-6,12H2,1H3,(H,26,27). The van der Waals surface area contributed by atoms with E-state index in [4.69, 9.17) is 16.6 Å². The molecule has 1 N–H and O–H groups in total. The van der Waals surface area contributed by atoms with Gasteiger partial charge in [-0.25, -0.2) is 9.78 Å². The Balaban J connectivity index is 1.71. The molecule has 0 amide bonds. The quantitative estimate of drug-likeness (QED) is 0.517. The van der Waals surface area contributed by atoms with Crippen molar-refractivity contribution in [2.45, 2.75) is 45.6 Å². The zero-order valence-electron chi connectivity index (χ0n) is 15.8. The summed E-state index contributed by atoms with van der Waals surface area (Å²) in [6.45, 7) is 2.77. The summed E-state index contributed by atoms with van der Waals surface area (Å²) in [7, 11) is 0. The van der Waals surface area contributed by atoms with Crippen LogP contribution in [0.25, 0.3) is 22.0 Å². The Bertz CT molecular complexity index is 985. The first-order chi connectivity index (χ1) is 13.5. The molecular weight excluding hydrogens is 392 g/mol. The van der Waals surface area contributed by atoms with Crippen LogP contribution < -0.4 is 0 Å². The molecule has 0 atom stereocenters. The summed E-state index contributed by atoms with van der Waals surface area (Å²) >= 11 is 7.55. The predicted molar refractivity (Wildman–Crippen MR) is 114 cm³/mol. The Labute approximate surface area is 173 Å². The molecule has 4 nitrogen and oxygen atoms in total. The highest BCUT2D eigenvalue weighted by Gasteiger charge is 2.23. The molecule has 4 rings (SSSR count). The van der Waals surface area contributed by atoms with Gasteiger partial charge in [-0.05, 0) is 43.9 Å². The van der Waals surface area contributed by atoms with E-state index in [9.17, 15) is 9.90 Å². The lowest BCUT2D eigenvalue weighted by molar-refractivity contribution is 0.0696. The van der Waals surface area contributed by atoms with Crippen LogP contribution in [0.2, 0.25) is 5.02 Å². The molecule has 28 heavy (non-hydrogen) atoms. The van der Waals surface area contributed by atoms with Crippen molar-refractivity contribution in [2.75, 3.05) is 0 Å². The summed E-state index contributed by atoms with van der Waals surface area (Å²) in [6, 6.07) is 9.41. The fraction of sp³-hybridized carbons (Fsp3) is 0.364. The summed E-state index contributed by atoms with van der Waals surface area (Å²) in [5.74, 6) is -0.274. The van der Waals surface area contributed by atoms with E-state index >= 15 is 0 Å². The molecular formula is C22H23ClN2O2S. The van der Waals surface area contributed by atoms with E-state index in [2.05, 4.69) is 4.57 Å². The Kier molecular flexibility index (Phi) is 5.56. The highest BCUT2D eigenvalue weighted by molar-refractivity contribution is 7.13. The molecule has 0 bridgehead atoms. The van der Waals surface area contributed by atoms with Gasteiger partial charge in [-0.3, -0.25) is 0 Å². The van der Waals surface area contributed by atoms with Crippen molar-refractivity contribution in [3.05, 3.63) is 52.0 Å². The van der Waals surface area contributed by atoms with E-state index in [1.54, 1.807) is 17.4 Å². The van der Waals surface area contributed by atoms with Gasteiger partial charge in [-0.15, -0.1) is 11.3 Å². The summed E-state index contributed by atoms with van der Waals surface area (Å²) in [5.41, 5.74) is 3.93. The van der Waals surface area contributed by atoms with Crippen molar-refractivity contribution in [3.63, 3.8) is 0 Å². The first-order valence-electron chi connectivity index (χ1n) is 9.68. The van der Waals surface area contributed by atoms with Crippen LogP contribution >= 0.6 is 22.9 Å². The molecule has 2 heterocycles. The second-order valence-corrected chi connectivity index (χ2v) is 8.79. The van der Waals surface area contributed by atoms with E-state index in [0.29, 0.717) is 16.5 Å². The molecule has 0 saturated heterocycles. The summed E-state index contributed by atoms with van der Waals surface area (Å²) in [4.78, 5) is 16.5. The second kappa shape index (κ2) is 8.10. The smallest absolute Gasteiger partial charge is 0.337 e. The molecule has 3 aromatic rings. The summed E-state index contributed by atoms with van der Waals surface area (Å²) in [5, 5.41) is 13.2. The van der Waals surface area contributed by atoms with Gasteiger partial charge in [0.1, 0.15) is 5.01 Å². The van der Waals surface area contributed by atoms with Gasteiger partial charge in [0.2, 0.25) is 0 Å². The van der Waals surface area contributed by atoms with Crippen LogP contribution in [0.3, 0.4) is 0 Å². The van der Waals surface area contributed by atoms with E-state index in [-0.39, 0.29) is 0 Å². The third-order valence-corrected chi connectivity index (χ3v) is 6.76. The van der Waals surface area contributed by atoms with Gasteiger partial charge in [0, 0.05) is 28.2 Å². The molecule has 1 fully saturated rings. The molecule has 0 radical (unpaired) electrons. The van der Waals surface area contributed by atoms with Gasteiger partial charge >= 0.3 is 5.97 Å². The Morgan fingerprint density at radius 3 is 2.64 bits per heavy atom. The minimum atomic E-state index is -0.880. The average molecular weight is 415 g/mol. The third kappa shape index (κ3) is 3.87. The number of carboxylic acid groups (broad SMARTS) is 1. The molecule has 146 valence electrons. The number of nitrogens with zero attached hydrogens (tertiary/aromatic N) is 2. The monoisotopic (exact) mass is 414 g/mol. The van der Waals surface area contributed by atoms with Crippen LogP contribution in [0.4, 0.5) is 0 Å². The van der Waals surface area contributed by atoms with Crippen molar-refractivity contribution in [2.24, 2.45) is 5.92 Å². The number of benzene rings is 1. The number of carbonyl (C=O) groups is 1. The minimum absolute atomic E-state index is 0.367. The number of rotatable bonds is 5. The maximum absolute atomic E-state index is 11.7. The lowest BCUT2D eigenvalue weighted by Crippen LogP contribution is -2.16. The van der Waals surface area contributed by atoms with E-state index in [1.165, 1.54) is 32.1 Å². The predicted octanol–water partition coefficient (Wildman–Crippen LogP) is 6.52. The van der Waals surface area contributed by atoms with Crippen molar-refractivity contribution in [1.82, 2.24) is 9.55 Å². The lowest BCUT2D eigenvalue weighted by Gasteiger charge is -2.24. The summed E-state index contributed by atoms with van der Waals surface area (Å²) in [6.07, 6.45) is 6.27. The Morgan fingerprint density at radius 2 is 1.96 bits per heavy atom. The highest BCUT2D eigenvalue weighted by Crippen LogP contribution is 2.34. The Hall–Kier alpha value is -2.11. The van der Waals surface area contributed by atoms with Gasteiger partial charge < -0.3 is 9.67 Å². The van der Waals surface area contributed by atoms with Gasteiger partial charge in [0.25, 0.3) is 0 Å². The zero-order valence-corrected chi connectivity index (χ0v) is 17.4. The molecule has 1 saturated carbocycles. The number of thiazole rings is 1. The maximum atomic E-state index is 11.7. The van der Waals surface area contributed by atoms with Crippen LogP contribution in [0.15, 0.2) is 35.7 Å². The largest absolute Gasteiger partial charge is 0.478 e. The van der Waals surface area contributed by atoms with Crippen LogP contribution in [-0.4, -0.2) is 20.6 Å². The average Bonchev–Trinajstić information content (AvgIpc) is 3.29. The number of hydrogen-bond acceptors (Lipinski definition) is 3. The second-order valence-electron chi connectivity index (χ2n) is 7.49. The number of aromatic carboxylic acids is 1. The van der Waals surface area contributed by atoms with Crippen molar-refractivity contribution in [3.8, 4) is 22.0 Å². The minimum Gasteiger partial charge on any atom is -0.478 e. The first-order valence-corrected chi connectivity index (χ1v) is 10.9. The molecule has 0 unspecified atom stereocenters. The van der Waals surface area contributed by atoms with E-state index < -0.39 is 5.97 Å². The fourth-order valence-corrected chi connectivity index (χ4v) is 5.00. The molecule has 0 aliphatic heterocycles. The fourth-order valence-electron chi connectivity index (χ4n) is 4.05. The third-order valence-electron chi connectivity index (χ3n) is 5.62. The number of carboxylic acids is 1. The normalized spacial score (nSPS) is 15.1. The zero-order chi connectivity index (χ0) is 19.7. The van der Waals surface area contributed by atoms with Crippen LogP contribution in [-0.2, 0) is 6.54 Å². The van der Waals surface area contributed by atoms with E-state index in [0.717, 1.165) is 34.2 Å². The molecule has 2 aromatic heterocycles. The Morgan fingerprint density at radius 1 is 1.25 bits per heavy atom. The molecule has 1 aliphatic rings. The lowest BCUT2D eigenvalue weighted by atomic mass is 9.89.